The normalized spacial score (nSPS) is 14.3. The van der Waals surface area contributed by atoms with Crippen molar-refractivity contribution in [3.05, 3.63) is 63.2 Å². The molecule has 0 saturated carbocycles. The molecule has 1 amide bonds. The van der Waals surface area contributed by atoms with Crippen LogP contribution in [-0.2, 0) is 4.74 Å². The molecule has 0 radical (unpaired) electrons. The Kier molecular flexibility index (Phi) is 5.53. The molecule has 1 saturated heterocycles. The van der Waals surface area contributed by atoms with Gasteiger partial charge >= 0.3 is 0 Å². The number of hydrogen-bond acceptors (Lipinski definition) is 4. The highest BCUT2D eigenvalue weighted by Crippen LogP contribution is 2.31. The van der Waals surface area contributed by atoms with Gasteiger partial charge < -0.3 is 15.0 Å². The number of fused-ring (bicyclic) bond motifs is 1. The molecule has 1 aromatic heterocycles. The number of amides is 1. The van der Waals surface area contributed by atoms with E-state index >= 15 is 0 Å². The molecule has 2 heterocycles. The third-order valence-electron chi connectivity index (χ3n) is 4.77. The zero-order valence-electron chi connectivity index (χ0n) is 15.3. The summed E-state index contributed by atoms with van der Waals surface area (Å²) in [6, 6.07) is 13.2. The van der Waals surface area contributed by atoms with Gasteiger partial charge in [0.05, 0.1) is 41.4 Å². The molecule has 28 heavy (non-hydrogen) atoms. The fraction of sp³-hybridized carbons (Fsp3) is 0.238. The van der Waals surface area contributed by atoms with Crippen LogP contribution in [0, 0.1) is 6.92 Å². The van der Waals surface area contributed by atoms with Crippen molar-refractivity contribution in [2.45, 2.75) is 6.92 Å². The van der Waals surface area contributed by atoms with E-state index in [1.165, 1.54) is 0 Å². The molecule has 7 heteroatoms. The van der Waals surface area contributed by atoms with Gasteiger partial charge in [0.25, 0.3) is 5.91 Å². The van der Waals surface area contributed by atoms with E-state index in [1.54, 1.807) is 6.07 Å². The SMILES string of the molecule is Cc1nc2ccc(Cl)cc2cc1C(=O)Nc1cc(Br)ccc1N1CCOCC1. The number of benzene rings is 2. The first kappa shape index (κ1) is 19.2. The number of carbonyl (C=O) groups excluding carboxylic acids is 1. The van der Waals surface area contributed by atoms with E-state index in [2.05, 4.69) is 31.1 Å². The number of nitrogens with one attached hydrogen (secondary N) is 1. The number of rotatable bonds is 3. The average Bonchev–Trinajstić information content (AvgIpc) is 2.68. The van der Waals surface area contributed by atoms with Gasteiger partial charge in [0.2, 0.25) is 0 Å². The standard InChI is InChI=1S/C21H19BrClN3O2/c1-13-17(11-14-10-16(23)3-4-18(14)24-13)21(27)25-19-12-15(22)2-5-20(19)26-6-8-28-9-7-26/h2-5,10-12H,6-9H2,1H3,(H,25,27). The fourth-order valence-corrected chi connectivity index (χ4v) is 3.89. The molecule has 4 rings (SSSR count). The first-order valence-electron chi connectivity index (χ1n) is 9.02. The topological polar surface area (TPSA) is 54.5 Å². The Balaban J connectivity index is 1.67. The molecule has 0 unspecified atom stereocenters. The van der Waals surface area contributed by atoms with E-state index in [0.717, 1.165) is 39.8 Å². The second kappa shape index (κ2) is 8.07. The van der Waals surface area contributed by atoms with Crippen molar-refractivity contribution in [2.24, 2.45) is 0 Å². The third kappa shape index (κ3) is 3.99. The van der Waals surface area contributed by atoms with Gasteiger partial charge in [0, 0.05) is 28.0 Å². The van der Waals surface area contributed by atoms with E-state index in [-0.39, 0.29) is 5.91 Å². The number of aryl methyl sites for hydroxylation is 1. The van der Waals surface area contributed by atoms with Gasteiger partial charge in [-0.15, -0.1) is 0 Å². The largest absolute Gasteiger partial charge is 0.378 e. The summed E-state index contributed by atoms with van der Waals surface area (Å²) in [7, 11) is 0. The first-order chi connectivity index (χ1) is 13.5. The van der Waals surface area contributed by atoms with Crippen LogP contribution >= 0.6 is 27.5 Å². The lowest BCUT2D eigenvalue weighted by Crippen LogP contribution is -2.36. The van der Waals surface area contributed by atoms with Crippen LogP contribution in [0.1, 0.15) is 16.1 Å². The van der Waals surface area contributed by atoms with Crippen molar-refractivity contribution in [3.8, 4) is 0 Å². The summed E-state index contributed by atoms with van der Waals surface area (Å²) in [6.45, 7) is 4.78. The molecule has 5 nitrogen and oxygen atoms in total. The van der Waals surface area contributed by atoms with Crippen LogP contribution in [0.25, 0.3) is 10.9 Å². The monoisotopic (exact) mass is 459 g/mol. The number of anilines is 2. The number of nitrogens with zero attached hydrogens (tertiary/aromatic N) is 2. The zero-order chi connectivity index (χ0) is 19.7. The summed E-state index contributed by atoms with van der Waals surface area (Å²) >= 11 is 9.60. The molecule has 1 N–H and O–H groups in total. The lowest BCUT2D eigenvalue weighted by atomic mass is 10.1. The summed E-state index contributed by atoms with van der Waals surface area (Å²) in [5, 5.41) is 4.52. The highest BCUT2D eigenvalue weighted by atomic mass is 79.9. The van der Waals surface area contributed by atoms with Crippen LogP contribution in [0.3, 0.4) is 0 Å². The number of morpholine rings is 1. The van der Waals surface area contributed by atoms with Gasteiger partial charge in [-0.2, -0.15) is 0 Å². The molecule has 0 bridgehead atoms. The Labute approximate surface area is 176 Å². The third-order valence-corrected chi connectivity index (χ3v) is 5.50. The van der Waals surface area contributed by atoms with Crippen molar-refractivity contribution in [2.75, 3.05) is 36.5 Å². The minimum Gasteiger partial charge on any atom is -0.378 e. The maximum Gasteiger partial charge on any atom is 0.257 e. The van der Waals surface area contributed by atoms with Crippen molar-refractivity contribution in [1.82, 2.24) is 4.98 Å². The van der Waals surface area contributed by atoms with Crippen molar-refractivity contribution in [1.29, 1.82) is 0 Å². The van der Waals surface area contributed by atoms with Gasteiger partial charge in [-0.1, -0.05) is 27.5 Å². The van der Waals surface area contributed by atoms with E-state index in [9.17, 15) is 4.79 Å². The molecular formula is C21H19BrClN3O2. The molecule has 1 aliphatic rings. The smallest absolute Gasteiger partial charge is 0.257 e. The van der Waals surface area contributed by atoms with E-state index in [1.807, 2.05) is 43.3 Å². The van der Waals surface area contributed by atoms with Crippen molar-refractivity contribution in [3.63, 3.8) is 0 Å². The lowest BCUT2D eigenvalue weighted by Gasteiger charge is -2.30. The van der Waals surface area contributed by atoms with Crippen molar-refractivity contribution < 1.29 is 9.53 Å². The van der Waals surface area contributed by atoms with Crippen LogP contribution in [0.4, 0.5) is 11.4 Å². The number of carbonyl (C=O) groups is 1. The quantitative estimate of drug-likeness (QED) is 0.594. The Morgan fingerprint density at radius 3 is 2.75 bits per heavy atom. The second-order valence-corrected chi connectivity index (χ2v) is 8.03. The second-order valence-electron chi connectivity index (χ2n) is 6.67. The summed E-state index contributed by atoms with van der Waals surface area (Å²) < 4.78 is 6.35. The maximum absolute atomic E-state index is 13.1. The summed E-state index contributed by atoms with van der Waals surface area (Å²) in [5.74, 6) is -0.195. The molecular weight excluding hydrogens is 442 g/mol. The van der Waals surface area contributed by atoms with Crippen molar-refractivity contribution >= 4 is 55.7 Å². The van der Waals surface area contributed by atoms with Gasteiger partial charge in [-0.05, 0) is 49.4 Å². The minimum atomic E-state index is -0.195. The minimum absolute atomic E-state index is 0.195. The van der Waals surface area contributed by atoms with Gasteiger partial charge in [0.15, 0.2) is 0 Å². The summed E-state index contributed by atoms with van der Waals surface area (Å²) in [4.78, 5) is 19.8. The zero-order valence-corrected chi connectivity index (χ0v) is 17.7. The predicted molar refractivity (Wildman–Crippen MR) is 117 cm³/mol. The average molecular weight is 461 g/mol. The summed E-state index contributed by atoms with van der Waals surface area (Å²) in [6.07, 6.45) is 0. The number of ether oxygens (including phenoxy) is 1. The maximum atomic E-state index is 13.1. The van der Waals surface area contributed by atoms with E-state index in [4.69, 9.17) is 16.3 Å². The van der Waals surface area contributed by atoms with Gasteiger partial charge in [-0.3, -0.25) is 9.78 Å². The molecule has 144 valence electrons. The lowest BCUT2D eigenvalue weighted by molar-refractivity contribution is 0.102. The number of halogens is 2. The molecule has 3 aromatic rings. The Morgan fingerprint density at radius 1 is 1.18 bits per heavy atom. The highest BCUT2D eigenvalue weighted by Gasteiger charge is 2.18. The van der Waals surface area contributed by atoms with Crippen LogP contribution < -0.4 is 10.2 Å². The van der Waals surface area contributed by atoms with Crippen LogP contribution in [0.15, 0.2) is 46.9 Å². The number of hydrogen-bond donors (Lipinski definition) is 1. The fourth-order valence-electron chi connectivity index (χ4n) is 3.35. The van der Waals surface area contributed by atoms with E-state index in [0.29, 0.717) is 29.5 Å². The van der Waals surface area contributed by atoms with Gasteiger partial charge in [-0.25, -0.2) is 0 Å². The molecule has 1 aliphatic heterocycles. The first-order valence-corrected chi connectivity index (χ1v) is 10.2. The Morgan fingerprint density at radius 2 is 1.96 bits per heavy atom. The Bertz CT molecular complexity index is 1050. The molecule has 1 fully saturated rings. The van der Waals surface area contributed by atoms with E-state index < -0.39 is 0 Å². The van der Waals surface area contributed by atoms with Crippen LogP contribution in [-0.4, -0.2) is 37.2 Å². The molecule has 0 atom stereocenters. The summed E-state index contributed by atoms with van der Waals surface area (Å²) in [5.41, 5.74) is 3.76. The van der Waals surface area contributed by atoms with Gasteiger partial charge in [0.1, 0.15) is 0 Å². The Hall–Kier alpha value is -2.15. The molecule has 2 aromatic carbocycles. The van der Waals surface area contributed by atoms with Crippen LogP contribution in [0.5, 0.6) is 0 Å². The predicted octanol–water partition coefficient (Wildman–Crippen LogP) is 5.05. The number of aromatic nitrogens is 1. The molecule has 0 aliphatic carbocycles. The molecule has 0 spiro atoms. The van der Waals surface area contributed by atoms with Crippen LogP contribution in [0.2, 0.25) is 5.02 Å². The highest BCUT2D eigenvalue weighted by molar-refractivity contribution is 9.10. The number of pyridine rings is 1.